The zero-order chi connectivity index (χ0) is 16.5. The molecular formula is C16H28IN3OSi. The maximum Gasteiger partial charge on any atom is 0.191 e. The van der Waals surface area contributed by atoms with Crippen LogP contribution in [-0.2, 0) is 4.43 Å². The standard InChI is InChI=1S/C16H28IN3OSi/c1-16(2,3)22(4,5)21-11-12-6-7-20(10-12)15-13(17)8-19-9-14(15)18/h8-9,12H,6-7,10-11,18H2,1-5H3/t12-/m0/s1. The van der Waals surface area contributed by atoms with E-state index in [4.69, 9.17) is 10.2 Å². The summed E-state index contributed by atoms with van der Waals surface area (Å²) in [5.41, 5.74) is 8.03. The highest BCUT2D eigenvalue weighted by Gasteiger charge is 2.38. The molecule has 1 fully saturated rings. The van der Waals surface area contributed by atoms with Gasteiger partial charge in [0.05, 0.1) is 21.1 Å². The zero-order valence-corrected chi connectivity index (χ0v) is 17.5. The van der Waals surface area contributed by atoms with E-state index in [0.717, 1.165) is 34.6 Å². The first-order valence-electron chi connectivity index (χ1n) is 7.90. The summed E-state index contributed by atoms with van der Waals surface area (Å²) in [6.07, 6.45) is 4.80. The van der Waals surface area contributed by atoms with E-state index in [1.165, 1.54) is 6.42 Å². The molecule has 1 saturated heterocycles. The van der Waals surface area contributed by atoms with Crippen LogP contribution in [0.15, 0.2) is 12.4 Å². The molecule has 0 saturated carbocycles. The Labute approximate surface area is 149 Å². The number of nitrogens with two attached hydrogens (primary N) is 1. The van der Waals surface area contributed by atoms with Gasteiger partial charge >= 0.3 is 0 Å². The fourth-order valence-corrected chi connectivity index (χ4v) is 4.39. The number of hydrogen-bond acceptors (Lipinski definition) is 4. The molecule has 0 spiro atoms. The largest absolute Gasteiger partial charge is 0.416 e. The highest BCUT2D eigenvalue weighted by molar-refractivity contribution is 14.1. The molecule has 6 heteroatoms. The first-order valence-corrected chi connectivity index (χ1v) is 11.9. The number of anilines is 2. The van der Waals surface area contributed by atoms with Crippen molar-refractivity contribution in [2.75, 3.05) is 30.3 Å². The third kappa shape index (κ3) is 3.94. The monoisotopic (exact) mass is 433 g/mol. The van der Waals surface area contributed by atoms with Crippen LogP contribution < -0.4 is 10.6 Å². The number of hydrogen-bond donors (Lipinski definition) is 1. The minimum Gasteiger partial charge on any atom is -0.416 e. The molecule has 2 heterocycles. The van der Waals surface area contributed by atoms with Crippen LogP contribution in [-0.4, -0.2) is 33.0 Å². The van der Waals surface area contributed by atoms with Crippen LogP contribution in [0, 0.1) is 9.49 Å². The molecule has 124 valence electrons. The SMILES string of the molecule is CC(C)(C)[Si](C)(C)OC[C@H]1CCN(c2c(N)cncc2I)C1. The lowest BCUT2D eigenvalue weighted by atomic mass is 10.1. The first-order chi connectivity index (χ1) is 10.1. The number of aromatic nitrogens is 1. The van der Waals surface area contributed by atoms with Gasteiger partial charge in [-0.15, -0.1) is 0 Å². The van der Waals surface area contributed by atoms with Gasteiger partial charge in [-0.1, -0.05) is 20.8 Å². The van der Waals surface area contributed by atoms with E-state index in [1.807, 2.05) is 6.20 Å². The predicted octanol–water partition coefficient (Wildman–Crippen LogP) is 4.12. The second-order valence-corrected chi connectivity index (χ2v) is 13.7. The average molecular weight is 433 g/mol. The van der Waals surface area contributed by atoms with Gasteiger partial charge in [0.1, 0.15) is 0 Å². The van der Waals surface area contributed by atoms with Crippen molar-refractivity contribution in [3.63, 3.8) is 0 Å². The Morgan fingerprint density at radius 3 is 2.68 bits per heavy atom. The van der Waals surface area contributed by atoms with E-state index in [0.29, 0.717) is 5.92 Å². The van der Waals surface area contributed by atoms with Gasteiger partial charge in [-0.05, 0) is 47.1 Å². The van der Waals surface area contributed by atoms with Gasteiger partial charge in [-0.2, -0.15) is 0 Å². The summed E-state index contributed by atoms with van der Waals surface area (Å²) in [7, 11) is -1.65. The van der Waals surface area contributed by atoms with Crippen molar-refractivity contribution in [1.29, 1.82) is 0 Å². The quantitative estimate of drug-likeness (QED) is 0.574. The molecule has 0 aromatic carbocycles. The molecule has 4 nitrogen and oxygen atoms in total. The Morgan fingerprint density at radius 1 is 1.41 bits per heavy atom. The van der Waals surface area contributed by atoms with Crippen molar-refractivity contribution in [1.82, 2.24) is 4.98 Å². The normalized spacial score (nSPS) is 19.7. The summed E-state index contributed by atoms with van der Waals surface area (Å²) < 4.78 is 7.52. The Hall–Kier alpha value is -0.343. The number of nitrogen functional groups attached to an aromatic ring is 1. The molecule has 1 aromatic rings. The second kappa shape index (κ2) is 6.65. The van der Waals surface area contributed by atoms with Crippen LogP contribution in [0.5, 0.6) is 0 Å². The van der Waals surface area contributed by atoms with Gasteiger partial charge in [-0.3, -0.25) is 4.98 Å². The zero-order valence-electron chi connectivity index (χ0n) is 14.3. The molecule has 2 N–H and O–H groups in total. The summed E-state index contributed by atoms with van der Waals surface area (Å²) in [5, 5.41) is 0.274. The molecule has 1 aliphatic heterocycles. The molecule has 0 amide bonds. The maximum absolute atomic E-state index is 6.39. The Balaban J connectivity index is 1.97. The van der Waals surface area contributed by atoms with Crippen LogP contribution in [0.2, 0.25) is 18.1 Å². The lowest BCUT2D eigenvalue weighted by Gasteiger charge is -2.37. The lowest BCUT2D eigenvalue weighted by molar-refractivity contribution is 0.238. The Kier molecular flexibility index (Phi) is 5.44. The summed E-state index contributed by atoms with van der Waals surface area (Å²) in [6.45, 7) is 14.5. The van der Waals surface area contributed by atoms with E-state index in [2.05, 4.69) is 66.3 Å². The fraction of sp³-hybridized carbons (Fsp3) is 0.688. The molecule has 22 heavy (non-hydrogen) atoms. The predicted molar refractivity (Wildman–Crippen MR) is 105 cm³/mol. The highest BCUT2D eigenvalue weighted by atomic mass is 127. The van der Waals surface area contributed by atoms with Crippen LogP contribution in [0.3, 0.4) is 0 Å². The van der Waals surface area contributed by atoms with Gasteiger partial charge in [-0.25, -0.2) is 0 Å². The molecule has 0 unspecified atom stereocenters. The molecular weight excluding hydrogens is 405 g/mol. The van der Waals surface area contributed by atoms with Gasteiger partial charge in [0.15, 0.2) is 8.32 Å². The van der Waals surface area contributed by atoms with E-state index < -0.39 is 8.32 Å². The smallest absolute Gasteiger partial charge is 0.191 e. The van der Waals surface area contributed by atoms with Crippen molar-refractivity contribution in [3.05, 3.63) is 16.0 Å². The minimum atomic E-state index is -1.65. The fourth-order valence-electron chi connectivity index (χ4n) is 2.49. The number of pyridine rings is 1. The molecule has 1 aliphatic rings. The molecule has 1 aromatic heterocycles. The molecule has 2 rings (SSSR count). The van der Waals surface area contributed by atoms with Crippen molar-refractivity contribution in [2.24, 2.45) is 5.92 Å². The van der Waals surface area contributed by atoms with E-state index in [9.17, 15) is 0 Å². The molecule has 0 bridgehead atoms. The van der Waals surface area contributed by atoms with Crippen molar-refractivity contribution >= 4 is 42.3 Å². The van der Waals surface area contributed by atoms with Crippen molar-refractivity contribution < 1.29 is 4.43 Å². The first kappa shape index (κ1) is 18.0. The van der Waals surface area contributed by atoms with E-state index in [1.54, 1.807) is 6.20 Å². The third-order valence-corrected chi connectivity index (χ3v) is 10.3. The molecule has 0 aliphatic carbocycles. The molecule has 1 atom stereocenters. The third-order valence-electron chi connectivity index (χ3n) is 4.99. The Bertz CT molecular complexity index is 510. The van der Waals surface area contributed by atoms with E-state index in [-0.39, 0.29) is 5.04 Å². The number of rotatable bonds is 4. The van der Waals surface area contributed by atoms with Crippen LogP contribution >= 0.6 is 22.6 Å². The summed E-state index contributed by atoms with van der Waals surface area (Å²) in [5.74, 6) is 0.595. The Morgan fingerprint density at radius 2 is 2.09 bits per heavy atom. The van der Waals surface area contributed by atoms with Gasteiger partial charge < -0.3 is 15.1 Å². The topological polar surface area (TPSA) is 51.4 Å². The van der Waals surface area contributed by atoms with Crippen molar-refractivity contribution in [2.45, 2.75) is 45.3 Å². The van der Waals surface area contributed by atoms with Crippen molar-refractivity contribution in [3.8, 4) is 0 Å². The van der Waals surface area contributed by atoms with Crippen LogP contribution in [0.25, 0.3) is 0 Å². The lowest BCUT2D eigenvalue weighted by Crippen LogP contribution is -2.42. The highest BCUT2D eigenvalue weighted by Crippen LogP contribution is 2.38. The summed E-state index contributed by atoms with van der Waals surface area (Å²) in [6, 6.07) is 0. The average Bonchev–Trinajstić information content (AvgIpc) is 2.83. The van der Waals surface area contributed by atoms with Crippen LogP contribution in [0.1, 0.15) is 27.2 Å². The van der Waals surface area contributed by atoms with Gasteiger partial charge in [0.25, 0.3) is 0 Å². The number of halogens is 1. The second-order valence-electron chi connectivity index (χ2n) is 7.73. The maximum atomic E-state index is 6.39. The van der Waals surface area contributed by atoms with E-state index >= 15 is 0 Å². The minimum absolute atomic E-state index is 0.274. The summed E-state index contributed by atoms with van der Waals surface area (Å²) >= 11 is 2.32. The summed E-state index contributed by atoms with van der Waals surface area (Å²) in [4.78, 5) is 6.54. The van der Waals surface area contributed by atoms with Crippen LogP contribution in [0.4, 0.5) is 11.4 Å². The molecule has 0 radical (unpaired) electrons. The van der Waals surface area contributed by atoms with Gasteiger partial charge in [0, 0.05) is 31.8 Å². The van der Waals surface area contributed by atoms with Gasteiger partial charge in [0.2, 0.25) is 0 Å². The number of nitrogens with zero attached hydrogens (tertiary/aromatic N) is 2.